The molecule has 3 aromatic rings. The van der Waals surface area contributed by atoms with Crippen molar-refractivity contribution in [3.8, 4) is 5.95 Å². The van der Waals surface area contributed by atoms with E-state index < -0.39 is 0 Å². The first kappa shape index (κ1) is 14.0. The Balaban J connectivity index is 1.76. The van der Waals surface area contributed by atoms with Crippen molar-refractivity contribution >= 4 is 28.9 Å². The van der Waals surface area contributed by atoms with Crippen LogP contribution in [0.1, 0.15) is 12.5 Å². The van der Waals surface area contributed by atoms with Gasteiger partial charge in [0.25, 0.3) is 5.95 Å². The summed E-state index contributed by atoms with van der Waals surface area (Å²) < 4.78 is 1.54. The topological polar surface area (TPSA) is 68.5 Å². The molecule has 6 nitrogen and oxygen atoms in total. The number of halogens is 1. The van der Waals surface area contributed by atoms with Gasteiger partial charge in [0.2, 0.25) is 11.2 Å². The van der Waals surface area contributed by atoms with Crippen molar-refractivity contribution in [1.29, 1.82) is 0 Å². The molecule has 3 heterocycles. The highest BCUT2D eigenvalue weighted by molar-refractivity contribution is 7.07. The summed E-state index contributed by atoms with van der Waals surface area (Å²) in [6, 6.07) is 4.09. The molecule has 21 heavy (non-hydrogen) atoms. The molecule has 1 atom stereocenters. The Hall–Kier alpha value is -1.99. The molecule has 0 saturated heterocycles. The summed E-state index contributed by atoms with van der Waals surface area (Å²) in [5.74, 6) is 0.841. The summed E-state index contributed by atoms with van der Waals surface area (Å²) in [7, 11) is 0. The predicted molar refractivity (Wildman–Crippen MR) is 83.1 cm³/mol. The molecule has 0 aliphatic heterocycles. The smallest absolute Gasteiger partial charge is 0.256 e. The Bertz CT molecular complexity index is 698. The molecule has 1 unspecified atom stereocenters. The lowest BCUT2D eigenvalue weighted by Gasteiger charge is -2.13. The molecule has 8 heteroatoms. The minimum Gasteiger partial charge on any atom is -0.351 e. The molecule has 0 radical (unpaired) electrons. The molecule has 0 fully saturated rings. The fourth-order valence-corrected chi connectivity index (χ4v) is 2.76. The highest BCUT2D eigenvalue weighted by Crippen LogP contribution is 2.13. The second kappa shape index (κ2) is 6.19. The van der Waals surface area contributed by atoms with Gasteiger partial charge in [-0.25, -0.2) is 4.68 Å². The summed E-state index contributed by atoms with van der Waals surface area (Å²) in [5, 5.41) is 11.7. The van der Waals surface area contributed by atoms with E-state index in [1.54, 1.807) is 34.5 Å². The summed E-state index contributed by atoms with van der Waals surface area (Å²) in [4.78, 5) is 12.5. The maximum absolute atomic E-state index is 5.95. The Labute approximate surface area is 130 Å². The number of thiophene rings is 1. The molecular formula is C13H13ClN6S. The molecule has 0 aromatic carbocycles. The molecule has 0 aliphatic rings. The minimum atomic E-state index is 0.140. The molecule has 0 amide bonds. The third kappa shape index (κ3) is 3.56. The van der Waals surface area contributed by atoms with E-state index in [-0.39, 0.29) is 11.3 Å². The monoisotopic (exact) mass is 320 g/mol. The first-order valence-electron chi connectivity index (χ1n) is 6.40. The van der Waals surface area contributed by atoms with Crippen molar-refractivity contribution in [2.45, 2.75) is 19.4 Å². The van der Waals surface area contributed by atoms with Crippen LogP contribution in [0.25, 0.3) is 5.95 Å². The van der Waals surface area contributed by atoms with Crippen LogP contribution < -0.4 is 5.32 Å². The maximum Gasteiger partial charge on any atom is 0.256 e. The molecular weight excluding hydrogens is 308 g/mol. The van der Waals surface area contributed by atoms with Gasteiger partial charge in [-0.3, -0.25) is 0 Å². The van der Waals surface area contributed by atoms with Crippen molar-refractivity contribution < 1.29 is 0 Å². The second-order valence-electron chi connectivity index (χ2n) is 4.56. The number of rotatable bonds is 5. The summed E-state index contributed by atoms with van der Waals surface area (Å²) in [5.41, 5.74) is 1.28. The van der Waals surface area contributed by atoms with Gasteiger partial charge in [0.1, 0.15) is 0 Å². The summed E-state index contributed by atoms with van der Waals surface area (Å²) in [6.45, 7) is 2.07. The highest BCUT2D eigenvalue weighted by atomic mass is 35.5. The highest BCUT2D eigenvalue weighted by Gasteiger charge is 2.10. The van der Waals surface area contributed by atoms with Gasteiger partial charge in [-0.05, 0) is 53.4 Å². The van der Waals surface area contributed by atoms with E-state index in [1.807, 2.05) is 0 Å². The zero-order valence-electron chi connectivity index (χ0n) is 11.3. The quantitative estimate of drug-likeness (QED) is 0.783. The molecule has 3 aromatic heterocycles. The molecule has 0 saturated carbocycles. The van der Waals surface area contributed by atoms with Crippen molar-refractivity contribution in [3.63, 3.8) is 0 Å². The fourth-order valence-electron chi connectivity index (χ4n) is 1.93. The van der Waals surface area contributed by atoms with E-state index in [0.717, 1.165) is 6.42 Å². The van der Waals surface area contributed by atoms with Crippen molar-refractivity contribution in [3.05, 3.63) is 46.1 Å². The Kier molecular flexibility index (Phi) is 4.12. The largest absolute Gasteiger partial charge is 0.351 e. The summed E-state index contributed by atoms with van der Waals surface area (Å²) >= 11 is 7.64. The third-order valence-corrected chi connectivity index (χ3v) is 3.70. The van der Waals surface area contributed by atoms with E-state index in [2.05, 4.69) is 49.1 Å². The summed E-state index contributed by atoms with van der Waals surface area (Å²) in [6.07, 6.45) is 4.30. The third-order valence-electron chi connectivity index (χ3n) is 2.80. The molecule has 108 valence electrons. The van der Waals surface area contributed by atoms with Gasteiger partial charge in [0, 0.05) is 18.4 Å². The van der Waals surface area contributed by atoms with Gasteiger partial charge in [-0.1, -0.05) is 0 Å². The van der Waals surface area contributed by atoms with Gasteiger partial charge in [-0.15, -0.1) is 0 Å². The average Bonchev–Trinajstić information content (AvgIpc) is 3.10. The normalized spacial score (nSPS) is 12.3. The van der Waals surface area contributed by atoms with Crippen molar-refractivity contribution in [1.82, 2.24) is 24.7 Å². The zero-order chi connectivity index (χ0) is 14.7. The lowest BCUT2D eigenvalue weighted by atomic mass is 10.1. The minimum absolute atomic E-state index is 0.140. The lowest BCUT2D eigenvalue weighted by molar-refractivity contribution is 0.757. The van der Waals surface area contributed by atoms with E-state index >= 15 is 0 Å². The Morgan fingerprint density at radius 1 is 1.38 bits per heavy atom. The number of aromatic nitrogens is 5. The first-order valence-corrected chi connectivity index (χ1v) is 7.72. The van der Waals surface area contributed by atoms with Crippen LogP contribution in [0.3, 0.4) is 0 Å². The zero-order valence-corrected chi connectivity index (χ0v) is 12.8. The molecule has 0 bridgehead atoms. The fraction of sp³-hybridized carbons (Fsp3) is 0.231. The van der Waals surface area contributed by atoms with Crippen LogP contribution >= 0.6 is 22.9 Å². The van der Waals surface area contributed by atoms with E-state index in [9.17, 15) is 0 Å². The van der Waals surface area contributed by atoms with Gasteiger partial charge in [0.15, 0.2) is 0 Å². The number of nitrogens with zero attached hydrogens (tertiary/aromatic N) is 5. The first-order chi connectivity index (χ1) is 10.2. The van der Waals surface area contributed by atoms with Crippen LogP contribution in [0.5, 0.6) is 0 Å². The number of hydrogen-bond acceptors (Lipinski definition) is 6. The SMILES string of the molecule is CC(Cc1ccsc1)Nc1nc(Cl)nc(-n2cccn2)n1. The van der Waals surface area contributed by atoms with Gasteiger partial charge < -0.3 is 5.32 Å². The molecule has 0 spiro atoms. The van der Waals surface area contributed by atoms with E-state index in [4.69, 9.17) is 11.6 Å². The van der Waals surface area contributed by atoms with E-state index in [1.165, 1.54) is 5.56 Å². The van der Waals surface area contributed by atoms with Gasteiger partial charge in [-0.2, -0.15) is 31.4 Å². The lowest BCUT2D eigenvalue weighted by Crippen LogP contribution is -2.20. The van der Waals surface area contributed by atoms with Crippen LogP contribution in [0.4, 0.5) is 5.95 Å². The van der Waals surface area contributed by atoms with Gasteiger partial charge >= 0.3 is 0 Å². The van der Waals surface area contributed by atoms with Crippen molar-refractivity contribution in [2.24, 2.45) is 0 Å². The number of nitrogens with one attached hydrogen (secondary N) is 1. The Morgan fingerprint density at radius 3 is 3.00 bits per heavy atom. The van der Waals surface area contributed by atoms with Crippen LogP contribution in [-0.2, 0) is 6.42 Å². The number of anilines is 1. The van der Waals surface area contributed by atoms with E-state index in [0.29, 0.717) is 11.9 Å². The second-order valence-corrected chi connectivity index (χ2v) is 5.68. The van der Waals surface area contributed by atoms with Crippen LogP contribution in [0.2, 0.25) is 5.28 Å². The molecule has 0 aliphatic carbocycles. The average molecular weight is 321 g/mol. The predicted octanol–water partition coefficient (Wildman–Crippen LogP) is 2.82. The van der Waals surface area contributed by atoms with Crippen LogP contribution in [0.15, 0.2) is 35.3 Å². The van der Waals surface area contributed by atoms with Crippen LogP contribution in [0, 0.1) is 0 Å². The number of hydrogen-bond donors (Lipinski definition) is 1. The van der Waals surface area contributed by atoms with Crippen LogP contribution in [-0.4, -0.2) is 30.8 Å². The van der Waals surface area contributed by atoms with Crippen molar-refractivity contribution in [2.75, 3.05) is 5.32 Å². The Morgan fingerprint density at radius 2 is 2.29 bits per heavy atom. The maximum atomic E-state index is 5.95. The molecule has 1 N–H and O–H groups in total. The molecule has 3 rings (SSSR count). The van der Waals surface area contributed by atoms with Gasteiger partial charge in [0.05, 0.1) is 0 Å². The standard InChI is InChI=1S/C13H13ClN6S/c1-9(7-10-3-6-21-8-10)16-12-17-11(14)18-13(19-12)20-5-2-4-15-20/h2-6,8-9H,7H2,1H3,(H,16,17,18,19).